The summed E-state index contributed by atoms with van der Waals surface area (Å²) in [4.78, 5) is 17.5. The molecule has 3 aromatic carbocycles. The van der Waals surface area contributed by atoms with Gasteiger partial charge in [0.05, 0.1) is 5.56 Å². The topological polar surface area (TPSA) is 64.7 Å². The van der Waals surface area contributed by atoms with Crippen molar-refractivity contribution in [3.63, 3.8) is 0 Å². The van der Waals surface area contributed by atoms with E-state index in [-0.39, 0.29) is 5.84 Å². The van der Waals surface area contributed by atoms with Crippen LogP contribution in [0.2, 0.25) is 0 Å². The van der Waals surface area contributed by atoms with Crippen molar-refractivity contribution in [2.75, 3.05) is 0 Å². The first-order chi connectivity index (χ1) is 12.1. The second-order valence-corrected chi connectivity index (χ2v) is 6.19. The number of carbonyl (C=O) groups excluding carboxylic acids is 1. The summed E-state index contributed by atoms with van der Waals surface area (Å²) in [6, 6.07) is 24.1. The zero-order valence-electron chi connectivity index (χ0n) is 13.2. The molecule has 0 saturated carbocycles. The molecule has 0 amide bonds. The second kappa shape index (κ2) is 7.77. The van der Waals surface area contributed by atoms with Gasteiger partial charge in [0.1, 0.15) is 0 Å². The van der Waals surface area contributed by atoms with Crippen LogP contribution in [-0.4, -0.2) is 11.8 Å². The highest BCUT2D eigenvalue weighted by atomic mass is 79.9. The van der Waals surface area contributed by atoms with E-state index in [1.54, 1.807) is 24.3 Å². The standard InChI is InChI=1S/C20H15BrN2O2/c21-16-12-10-15(11-13-16)19(22)23-25-20(24)18-9-5-4-8-17(18)14-6-2-1-3-7-14/h1-13H,(H2,22,23). The number of rotatable bonds is 4. The minimum absolute atomic E-state index is 0.137. The Labute approximate surface area is 154 Å². The van der Waals surface area contributed by atoms with Gasteiger partial charge in [-0.2, -0.15) is 0 Å². The summed E-state index contributed by atoms with van der Waals surface area (Å²) in [6.07, 6.45) is 0. The van der Waals surface area contributed by atoms with Crippen LogP contribution in [0.3, 0.4) is 0 Å². The SMILES string of the molecule is NC(=NOC(=O)c1ccccc1-c1ccccc1)c1ccc(Br)cc1. The second-order valence-electron chi connectivity index (χ2n) is 5.27. The molecule has 3 rings (SSSR count). The van der Waals surface area contributed by atoms with Crippen LogP contribution in [0.1, 0.15) is 15.9 Å². The van der Waals surface area contributed by atoms with Crippen molar-refractivity contribution in [2.24, 2.45) is 10.9 Å². The highest BCUT2D eigenvalue weighted by molar-refractivity contribution is 9.10. The van der Waals surface area contributed by atoms with Crippen LogP contribution in [0.5, 0.6) is 0 Å². The van der Waals surface area contributed by atoms with Gasteiger partial charge in [0.2, 0.25) is 0 Å². The Morgan fingerprint density at radius 1 is 0.880 bits per heavy atom. The summed E-state index contributed by atoms with van der Waals surface area (Å²) in [5.74, 6) is -0.419. The molecule has 0 aliphatic carbocycles. The van der Waals surface area contributed by atoms with Crippen LogP contribution < -0.4 is 5.73 Å². The first-order valence-electron chi connectivity index (χ1n) is 7.60. The Morgan fingerprint density at radius 3 is 2.24 bits per heavy atom. The number of oxime groups is 1. The molecule has 0 aliphatic rings. The first-order valence-corrected chi connectivity index (χ1v) is 8.39. The lowest BCUT2D eigenvalue weighted by Gasteiger charge is -2.07. The average molecular weight is 395 g/mol. The molecule has 0 aromatic heterocycles. The third-order valence-electron chi connectivity index (χ3n) is 3.60. The lowest BCUT2D eigenvalue weighted by Crippen LogP contribution is -2.15. The smallest absolute Gasteiger partial charge is 0.366 e. The predicted molar refractivity (Wildman–Crippen MR) is 102 cm³/mol. The Kier molecular flexibility index (Phi) is 5.26. The fraction of sp³-hybridized carbons (Fsp3) is 0. The van der Waals surface area contributed by atoms with Crippen LogP contribution in [0.4, 0.5) is 0 Å². The van der Waals surface area contributed by atoms with Crippen molar-refractivity contribution in [1.29, 1.82) is 0 Å². The van der Waals surface area contributed by atoms with Gasteiger partial charge in [0.15, 0.2) is 5.84 Å². The fourth-order valence-electron chi connectivity index (χ4n) is 2.34. The lowest BCUT2D eigenvalue weighted by atomic mass is 10.00. The van der Waals surface area contributed by atoms with Crippen molar-refractivity contribution in [3.05, 3.63) is 94.5 Å². The van der Waals surface area contributed by atoms with Gasteiger partial charge in [-0.05, 0) is 29.3 Å². The van der Waals surface area contributed by atoms with Gasteiger partial charge in [-0.25, -0.2) is 4.79 Å². The van der Waals surface area contributed by atoms with E-state index in [0.29, 0.717) is 11.1 Å². The summed E-state index contributed by atoms with van der Waals surface area (Å²) >= 11 is 3.35. The largest absolute Gasteiger partial charge is 0.380 e. The van der Waals surface area contributed by atoms with Crippen molar-refractivity contribution >= 4 is 27.7 Å². The minimum atomic E-state index is -0.556. The molecular weight excluding hydrogens is 380 g/mol. The molecule has 4 nitrogen and oxygen atoms in total. The van der Waals surface area contributed by atoms with Crippen LogP contribution in [0, 0.1) is 0 Å². The summed E-state index contributed by atoms with van der Waals surface area (Å²) < 4.78 is 0.929. The quantitative estimate of drug-likeness (QED) is 0.304. The Hall–Kier alpha value is -2.92. The molecule has 3 aromatic rings. The Morgan fingerprint density at radius 2 is 1.52 bits per heavy atom. The molecule has 2 N–H and O–H groups in total. The molecule has 124 valence electrons. The van der Waals surface area contributed by atoms with Crippen LogP contribution in [0.25, 0.3) is 11.1 Å². The highest BCUT2D eigenvalue weighted by Gasteiger charge is 2.14. The predicted octanol–water partition coefficient (Wildman–Crippen LogP) is 4.59. The molecule has 0 saturated heterocycles. The number of nitrogens with two attached hydrogens (primary N) is 1. The van der Waals surface area contributed by atoms with Gasteiger partial charge in [-0.3, -0.25) is 0 Å². The fourth-order valence-corrected chi connectivity index (χ4v) is 2.61. The molecule has 0 radical (unpaired) electrons. The van der Waals surface area contributed by atoms with E-state index in [1.807, 2.05) is 54.6 Å². The summed E-state index contributed by atoms with van der Waals surface area (Å²) in [6.45, 7) is 0. The number of halogens is 1. The zero-order valence-corrected chi connectivity index (χ0v) is 14.8. The maximum absolute atomic E-state index is 12.4. The average Bonchev–Trinajstić information content (AvgIpc) is 2.67. The Balaban J connectivity index is 1.82. The zero-order chi connectivity index (χ0) is 17.6. The molecule has 5 heteroatoms. The van der Waals surface area contributed by atoms with Gasteiger partial charge in [-0.15, -0.1) is 0 Å². The number of hydrogen-bond acceptors (Lipinski definition) is 3. The van der Waals surface area contributed by atoms with E-state index in [9.17, 15) is 4.79 Å². The van der Waals surface area contributed by atoms with E-state index in [0.717, 1.165) is 15.6 Å². The minimum Gasteiger partial charge on any atom is -0.380 e. The van der Waals surface area contributed by atoms with E-state index in [4.69, 9.17) is 10.6 Å². The lowest BCUT2D eigenvalue weighted by molar-refractivity contribution is 0.0517. The van der Waals surface area contributed by atoms with E-state index < -0.39 is 5.97 Å². The molecular formula is C20H15BrN2O2. The molecule has 0 unspecified atom stereocenters. The van der Waals surface area contributed by atoms with E-state index in [1.165, 1.54) is 0 Å². The molecule has 25 heavy (non-hydrogen) atoms. The maximum atomic E-state index is 12.4. The molecule has 0 bridgehead atoms. The monoisotopic (exact) mass is 394 g/mol. The van der Waals surface area contributed by atoms with E-state index >= 15 is 0 Å². The molecule has 0 atom stereocenters. The van der Waals surface area contributed by atoms with Crippen molar-refractivity contribution < 1.29 is 9.63 Å². The van der Waals surface area contributed by atoms with Crippen LogP contribution in [0.15, 0.2) is 88.5 Å². The normalized spacial score (nSPS) is 11.2. The number of amidine groups is 1. The summed E-state index contributed by atoms with van der Waals surface area (Å²) in [7, 11) is 0. The number of nitrogens with zero attached hydrogens (tertiary/aromatic N) is 1. The number of hydrogen-bond donors (Lipinski definition) is 1. The Bertz CT molecular complexity index is 906. The van der Waals surface area contributed by atoms with Gasteiger partial charge in [-0.1, -0.05) is 81.7 Å². The van der Waals surface area contributed by atoms with Crippen LogP contribution in [-0.2, 0) is 4.84 Å². The molecule has 0 aliphatic heterocycles. The first kappa shape index (κ1) is 16.9. The van der Waals surface area contributed by atoms with Crippen molar-refractivity contribution in [1.82, 2.24) is 0 Å². The van der Waals surface area contributed by atoms with E-state index in [2.05, 4.69) is 21.1 Å². The number of carbonyl (C=O) groups is 1. The summed E-state index contributed by atoms with van der Waals surface area (Å²) in [5, 5.41) is 3.76. The van der Waals surface area contributed by atoms with Gasteiger partial charge < -0.3 is 10.6 Å². The third kappa shape index (κ3) is 4.14. The molecule has 0 heterocycles. The van der Waals surface area contributed by atoms with Crippen molar-refractivity contribution in [2.45, 2.75) is 0 Å². The van der Waals surface area contributed by atoms with Gasteiger partial charge in [0.25, 0.3) is 0 Å². The van der Waals surface area contributed by atoms with Crippen LogP contribution >= 0.6 is 15.9 Å². The summed E-state index contributed by atoms with van der Waals surface area (Å²) in [5.41, 5.74) is 8.70. The maximum Gasteiger partial charge on any atom is 0.366 e. The van der Waals surface area contributed by atoms with Crippen molar-refractivity contribution in [3.8, 4) is 11.1 Å². The van der Waals surface area contributed by atoms with Gasteiger partial charge >= 0.3 is 5.97 Å². The van der Waals surface area contributed by atoms with Gasteiger partial charge in [0, 0.05) is 10.0 Å². The third-order valence-corrected chi connectivity index (χ3v) is 4.13. The molecule has 0 spiro atoms. The number of benzene rings is 3. The highest BCUT2D eigenvalue weighted by Crippen LogP contribution is 2.24. The molecule has 0 fully saturated rings.